The molecule has 40 heavy (non-hydrogen) atoms. The summed E-state index contributed by atoms with van der Waals surface area (Å²) < 4.78 is 23.8. The Morgan fingerprint density at radius 3 is 2.08 bits per heavy atom. The quantitative estimate of drug-likeness (QED) is 0.208. The lowest BCUT2D eigenvalue weighted by Crippen LogP contribution is -2.06. The molecule has 0 saturated heterocycles. The van der Waals surface area contributed by atoms with E-state index in [9.17, 15) is 4.79 Å². The molecule has 3 aromatic carbocycles. The van der Waals surface area contributed by atoms with Crippen LogP contribution in [-0.2, 0) is 4.74 Å². The van der Waals surface area contributed by atoms with Crippen LogP contribution >= 0.6 is 0 Å². The summed E-state index contributed by atoms with van der Waals surface area (Å²) in [6.45, 7) is 3.66. The van der Waals surface area contributed by atoms with E-state index in [2.05, 4.69) is 5.10 Å². The molecule has 4 aromatic rings. The van der Waals surface area contributed by atoms with Gasteiger partial charge in [0.2, 0.25) is 0 Å². The van der Waals surface area contributed by atoms with E-state index < -0.39 is 5.97 Å². The molecule has 6 rings (SSSR count). The minimum Gasteiger partial charge on any atom is -0.508 e. The fourth-order valence-corrected chi connectivity index (χ4v) is 3.78. The van der Waals surface area contributed by atoms with Crippen molar-refractivity contribution < 1.29 is 28.8 Å². The maximum absolute atomic E-state index is 11.7. The summed E-state index contributed by atoms with van der Waals surface area (Å²) >= 11 is 0. The number of benzene rings is 3. The van der Waals surface area contributed by atoms with Crippen molar-refractivity contribution >= 4 is 5.97 Å². The molecule has 2 aliphatic rings. The van der Waals surface area contributed by atoms with Crippen molar-refractivity contribution in [2.24, 2.45) is 11.8 Å². The van der Waals surface area contributed by atoms with Gasteiger partial charge in [-0.25, -0.2) is 9.48 Å². The molecular formula is C32H34N2O6. The monoisotopic (exact) mass is 542 g/mol. The first-order valence-electron chi connectivity index (χ1n) is 13.7. The first-order chi connectivity index (χ1) is 19.6. The Morgan fingerprint density at radius 1 is 0.825 bits per heavy atom. The summed E-state index contributed by atoms with van der Waals surface area (Å²) in [4.78, 5) is 11.7. The third-order valence-electron chi connectivity index (χ3n) is 6.40. The molecular weight excluding hydrogens is 508 g/mol. The van der Waals surface area contributed by atoms with Gasteiger partial charge in [-0.05, 0) is 99.0 Å². The standard InChI is InChI=1S/C22H22N2O4.C10H12O2/c1-2-26-22(25)21-12-13-24(23-21)17-8-10-18(11-9-17)28-20-5-3-4-19(14-20)27-15-16-6-7-16;11-9-2-1-3-10(6-9)12-7-8-4-5-8/h3-5,8-14,16H,2,6-7,15H2,1H3;1-3,6,8,11H,4-5,7H2. The van der Waals surface area contributed by atoms with Crippen molar-refractivity contribution in [3.05, 3.63) is 90.8 Å². The molecule has 208 valence electrons. The molecule has 0 atom stereocenters. The number of phenols is 1. The van der Waals surface area contributed by atoms with E-state index in [-0.39, 0.29) is 11.4 Å². The normalized spacial score (nSPS) is 14.0. The van der Waals surface area contributed by atoms with E-state index in [0.29, 0.717) is 18.3 Å². The number of ether oxygens (including phenoxy) is 4. The number of esters is 1. The Kier molecular flexibility index (Phi) is 8.86. The van der Waals surface area contributed by atoms with Crippen LogP contribution in [0.4, 0.5) is 0 Å². The third kappa shape index (κ3) is 8.27. The fourth-order valence-electron chi connectivity index (χ4n) is 3.78. The maximum Gasteiger partial charge on any atom is 0.358 e. The van der Waals surface area contributed by atoms with Gasteiger partial charge in [0.25, 0.3) is 0 Å². The molecule has 1 heterocycles. The van der Waals surface area contributed by atoms with Crippen LogP contribution in [0.2, 0.25) is 0 Å². The second kappa shape index (κ2) is 13.1. The van der Waals surface area contributed by atoms with Crippen LogP contribution in [0.15, 0.2) is 85.1 Å². The topological polar surface area (TPSA) is 92.0 Å². The van der Waals surface area contributed by atoms with E-state index in [1.165, 1.54) is 25.7 Å². The van der Waals surface area contributed by atoms with E-state index in [1.54, 1.807) is 42.1 Å². The number of phenolic OH excluding ortho intramolecular Hbond substituents is 1. The molecule has 1 N–H and O–H groups in total. The van der Waals surface area contributed by atoms with Crippen molar-refractivity contribution in [1.82, 2.24) is 9.78 Å². The van der Waals surface area contributed by atoms with Gasteiger partial charge in [0.15, 0.2) is 5.69 Å². The molecule has 2 saturated carbocycles. The number of carbonyl (C=O) groups excluding carboxylic acids is 1. The molecule has 0 aliphatic heterocycles. The van der Waals surface area contributed by atoms with Crippen molar-refractivity contribution in [2.75, 3.05) is 19.8 Å². The molecule has 0 amide bonds. The lowest BCUT2D eigenvalue weighted by atomic mass is 10.3. The largest absolute Gasteiger partial charge is 0.508 e. The number of aromatic nitrogens is 2. The van der Waals surface area contributed by atoms with E-state index in [4.69, 9.17) is 24.1 Å². The molecule has 0 spiro atoms. The Hall–Kier alpha value is -4.46. The van der Waals surface area contributed by atoms with Gasteiger partial charge in [-0.15, -0.1) is 0 Å². The number of hydrogen-bond acceptors (Lipinski definition) is 7. The fraction of sp³-hybridized carbons (Fsp3) is 0.312. The maximum atomic E-state index is 11.7. The van der Waals surface area contributed by atoms with E-state index >= 15 is 0 Å². The zero-order valence-corrected chi connectivity index (χ0v) is 22.6. The average Bonchev–Trinajstić information content (AvgIpc) is 3.91. The summed E-state index contributed by atoms with van der Waals surface area (Å²) in [5, 5.41) is 13.4. The van der Waals surface area contributed by atoms with Gasteiger partial charge in [-0.1, -0.05) is 12.1 Å². The summed E-state index contributed by atoms with van der Waals surface area (Å²) in [7, 11) is 0. The summed E-state index contributed by atoms with van der Waals surface area (Å²) in [6, 6.07) is 23.7. The molecule has 2 aliphatic carbocycles. The Balaban J connectivity index is 0.000000223. The first kappa shape index (κ1) is 27.1. The smallest absolute Gasteiger partial charge is 0.358 e. The SMILES string of the molecule is CCOC(=O)c1ccn(-c2ccc(Oc3cccc(OCC4CC4)c3)cc2)n1.Oc1cccc(OCC2CC2)c1. The lowest BCUT2D eigenvalue weighted by Gasteiger charge is -2.09. The molecule has 0 unspecified atom stereocenters. The van der Waals surface area contributed by atoms with Gasteiger partial charge >= 0.3 is 5.97 Å². The van der Waals surface area contributed by atoms with Gasteiger partial charge in [0.05, 0.1) is 25.5 Å². The molecule has 2 fully saturated rings. The number of hydrogen-bond donors (Lipinski definition) is 1. The highest BCUT2D eigenvalue weighted by Gasteiger charge is 2.22. The number of aromatic hydroxyl groups is 1. The summed E-state index contributed by atoms with van der Waals surface area (Å²) in [6.07, 6.45) is 6.83. The van der Waals surface area contributed by atoms with Gasteiger partial charge in [0, 0.05) is 18.3 Å². The van der Waals surface area contributed by atoms with Gasteiger partial charge < -0.3 is 24.1 Å². The number of rotatable bonds is 11. The highest BCUT2D eigenvalue weighted by atomic mass is 16.5. The van der Waals surface area contributed by atoms with E-state index in [0.717, 1.165) is 42.1 Å². The van der Waals surface area contributed by atoms with Crippen LogP contribution in [0, 0.1) is 11.8 Å². The van der Waals surface area contributed by atoms with Crippen molar-refractivity contribution in [3.63, 3.8) is 0 Å². The number of carbonyl (C=O) groups is 1. The Labute approximate surface area is 234 Å². The summed E-state index contributed by atoms with van der Waals surface area (Å²) in [5.41, 5.74) is 1.11. The predicted octanol–water partition coefficient (Wildman–Crippen LogP) is 6.81. The zero-order valence-electron chi connectivity index (χ0n) is 22.6. The molecule has 0 radical (unpaired) electrons. The minimum absolute atomic E-state index is 0.267. The molecule has 1 aromatic heterocycles. The van der Waals surface area contributed by atoms with Crippen LogP contribution < -0.4 is 14.2 Å². The lowest BCUT2D eigenvalue weighted by molar-refractivity contribution is 0.0519. The van der Waals surface area contributed by atoms with Crippen molar-refractivity contribution in [1.29, 1.82) is 0 Å². The summed E-state index contributed by atoms with van der Waals surface area (Å²) in [5.74, 6) is 4.33. The van der Waals surface area contributed by atoms with Crippen LogP contribution in [0.25, 0.3) is 5.69 Å². The highest BCUT2D eigenvalue weighted by molar-refractivity contribution is 5.87. The van der Waals surface area contributed by atoms with Crippen molar-refractivity contribution in [3.8, 4) is 34.4 Å². The van der Waals surface area contributed by atoms with Crippen LogP contribution in [-0.4, -0.2) is 40.7 Å². The second-order valence-corrected chi connectivity index (χ2v) is 9.94. The molecule has 8 nitrogen and oxygen atoms in total. The van der Waals surface area contributed by atoms with Gasteiger partial charge in [0.1, 0.15) is 28.7 Å². The Bertz CT molecular complexity index is 1390. The number of nitrogens with zero attached hydrogens (tertiary/aromatic N) is 2. The predicted molar refractivity (Wildman–Crippen MR) is 151 cm³/mol. The minimum atomic E-state index is -0.426. The van der Waals surface area contributed by atoms with Crippen molar-refractivity contribution in [2.45, 2.75) is 32.6 Å². The highest BCUT2D eigenvalue weighted by Crippen LogP contribution is 2.31. The first-order valence-corrected chi connectivity index (χ1v) is 13.7. The van der Waals surface area contributed by atoms with Gasteiger partial charge in [-0.3, -0.25) is 0 Å². The van der Waals surface area contributed by atoms with Crippen LogP contribution in [0.5, 0.6) is 28.7 Å². The molecule has 8 heteroatoms. The average molecular weight is 543 g/mol. The van der Waals surface area contributed by atoms with E-state index in [1.807, 2.05) is 54.6 Å². The Morgan fingerprint density at radius 2 is 1.45 bits per heavy atom. The van der Waals surface area contributed by atoms with Crippen LogP contribution in [0.1, 0.15) is 43.1 Å². The van der Waals surface area contributed by atoms with Gasteiger partial charge in [-0.2, -0.15) is 5.10 Å². The third-order valence-corrected chi connectivity index (χ3v) is 6.40. The second-order valence-electron chi connectivity index (χ2n) is 9.94. The zero-order chi connectivity index (χ0) is 27.7. The van der Waals surface area contributed by atoms with Crippen LogP contribution in [0.3, 0.4) is 0 Å². The molecule has 0 bridgehead atoms.